The molecule has 0 atom stereocenters. The zero-order valence-corrected chi connectivity index (χ0v) is 14.1. The summed E-state index contributed by atoms with van der Waals surface area (Å²) in [4.78, 5) is 7.62. The van der Waals surface area contributed by atoms with E-state index >= 15 is 0 Å². The predicted molar refractivity (Wildman–Crippen MR) is 93.5 cm³/mol. The van der Waals surface area contributed by atoms with E-state index in [1.807, 2.05) is 0 Å². The number of hydrogen-bond acceptors (Lipinski definition) is 4. The second-order valence-corrected chi connectivity index (χ2v) is 6.81. The maximum absolute atomic E-state index is 3.41. The molecule has 0 spiro atoms. The van der Waals surface area contributed by atoms with Gasteiger partial charge in [0, 0.05) is 70.6 Å². The molecule has 0 aliphatic carbocycles. The Hall–Kier alpha value is -1.10. The summed E-state index contributed by atoms with van der Waals surface area (Å²) in [6.45, 7) is 14.9. The molecule has 2 fully saturated rings. The lowest BCUT2D eigenvalue weighted by Gasteiger charge is -2.38. The van der Waals surface area contributed by atoms with Gasteiger partial charge in [-0.1, -0.05) is 12.1 Å². The van der Waals surface area contributed by atoms with Crippen LogP contribution in [-0.2, 0) is 6.54 Å². The highest BCUT2D eigenvalue weighted by Gasteiger charge is 2.19. The van der Waals surface area contributed by atoms with E-state index in [9.17, 15) is 0 Å². The second kappa shape index (κ2) is 7.44. The first-order valence-electron chi connectivity index (χ1n) is 8.73. The lowest BCUT2D eigenvalue weighted by molar-refractivity contribution is 0.209. The highest BCUT2D eigenvalue weighted by atomic mass is 15.3. The molecule has 4 nitrogen and oxygen atoms in total. The Kier molecular flexibility index (Phi) is 5.34. The first kappa shape index (κ1) is 15.8. The summed E-state index contributed by atoms with van der Waals surface area (Å²) in [6, 6.07) is 9.91. The van der Waals surface area contributed by atoms with Gasteiger partial charge < -0.3 is 10.2 Å². The van der Waals surface area contributed by atoms with Crippen LogP contribution >= 0.6 is 0 Å². The number of benzene rings is 1. The average molecular weight is 302 g/mol. The molecule has 0 saturated carbocycles. The minimum atomic E-state index is 0.670. The number of nitrogens with zero attached hydrogens (tertiary/aromatic N) is 3. The Morgan fingerprint density at radius 2 is 1.55 bits per heavy atom. The van der Waals surface area contributed by atoms with E-state index in [1.54, 1.807) is 0 Å². The summed E-state index contributed by atoms with van der Waals surface area (Å²) in [5.41, 5.74) is 2.82. The highest BCUT2D eigenvalue weighted by Crippen LogP contribution is 2.19. The lowest BCUT2D eigenvalue weighted by Crippen LogP contribution is -2.48. The molecule has 0 radical (unpaired) electrons. The van der Waals surface area contributed by atoms with E-state index < -0.39 is 0 Å². The molecular formula is C18H30N4. The molecule has 0 amide bonds. The highest BCUT2D eigenvalue weighted by molar-refractivity contribution is 5.48. The molecule has 1 N–H and O–H groups in total. The zero-order valence-electron chi connectivity index (χ0n) is 14.1. The third kappa shape index (κ3) is 4.00. The van der Waals surface area contributed by atoms with E-state index in [0.717, 1.165) is 32.7 Å². The second-order valence-electron chi connectivity index (χ2n) is 6.81. The van der Waals surface area contributed by atoms with E-state index in [-0.39, 0.29) is 0 Å². The molecule has 4 heteroatoms. The predicted octanol–water partition coefficient (Wildman–Crippen LogP) is 1.62. The van der Waals surface area contributed by atoms with Crippen molar-refractivity contribution in [1.29, 1.82) is 0 Å². The molecule has 2 aliphatic heterocycles. The average Bonchev–Trinajstić information content (AvgIpc) is 2.57. The van der Waals surface area contributed by atoms with Crippen LogP contribution < -0.4 is 10.2 Å². The van der Waals surface area contributed by atoms with Gasteiger partial charge in [-0.05, 0) is 31.5 Å². The molecular weight excluding hydrogens is 272 g/mol. The fourth-order valence-corrected chi connectivity index (χ4v) is 3.44. The van der Waals surface area contributed by atoms with Crippen molar-refractivity contribution >= 4 is 5.69 Å². The van der Waals surface area contributed by atoms with Crippen LogP contribution in [0.5, 0.6) is 0 Å². The molecule has 2 aliphatic rings. The minimum absolute atomic E-state index is 0.670. The van der Waals surface area contributed by atoms with Crippen molar-refractivity contribution in [2.45, 2.75) is 26.4 Å². The fourth-order valence-electron chi connectivity index (χ4n) is 3.44. The smallest absolute Gasteiger partial charge is 0.0367 e. The summed E-state index contributed by atoms with van der Waals surface area (Å²) in [5.74, 6) is 0. The van der Waals surface area contributed by atoms with Crippen molar-refractivity contribution in [3.05, 3.63) is 29.8 Å². The van der Waals surface area contributed by atoms with Crippen molar-refractivity contribution in [2.75, 3.05) is 57.3 Å². The Morgan fingerprint density at radius 1 is 0.909 bits per heavy atom. The first-order chi connectivity index (χ1) is 10.7. The summed E-state index contributed by atoms with van der Waals surface area (Å²) in [5, 5.41) is 3.41. The van der Waals surface area contributed by atoms with Crippen LogP contribution in [0.1, 0.15) is 19.4 Å². The summed E-state index contributed by atoms with van der Waals surface area (Å²) in [7, 11) is 0. The Bertz CT molecular complexity index is 443. The number of rotatable bonds is 4. The monoisotopic (exact) mass is 302 g/mol. The minimum Gasteiger partial charge on any atom is -0.369 e. The number of hydrogen-bond donors (Lipinski definition) is 1. The van der Waals surface area contributed by atoms with Gasteiger partial charge >= 0.3 is 0 Å². The van der Waals surface area contributed by atoms with Crippen molar-refractivity contribution < 1.29 is 0 Å². The maximum atomic E-state index is 3.41. The Labute approximate surface area is 135 Å². The van der Waals surface area contributed by atoms with Crippen molar-refractivity contribution in [3.8, 4) is 0 Å². The number of nitrogens with one attached hydrogen (secondary N) is 1. The van der Waals surface area contributed by atoms with Gasteiger partial charge in [0.2, 0.25) is 0 Å². The van der Waals surface area contributed by atoms with Gasteiger partial charge in [-0.3, -0.25) is 9.80 Å². The lowest BCUT2D eigenvalue weighted by atomic mass is 10.1. The van der Waals surface area contributed by atoms with Crippen molar-refractivity contribution in [1.82, 2.24) is 15.1 Å². The zero-order chi connectivity index (χ0) is 15.4. The van der Waals surface area contributed by atoms with Crippen LogP contribution in [0.4, 0.5) is 5.69 Å². The van der Waals surface area contributed by atoms with Crippen LogP contribution in [0.2, 0.25) is 0 Å². The number of piperazine rings is 2. The van der Waals surface area contributed by atoms with Gasteiger partial charge in [-0.25, -0.2) is 0 Å². The molecule has 0 aromatic heterocycles. The standard InChI is InChI=1S/C18H30N4/c1-16(2)21-11-13-22(14-12-21)18-5-3-17(4-6-18)15-20-9-7-19-8-10-20/h3-6,16,19H,7-15H2,1-2H3. The van der Waals surface area contributed by atoms with Crippen LogP contribution in [-0.4, -0.2) is 68.2 Å². The summed E-state index contributed by atoms with van der Waals surface area (Å²) in [6.07, 6.45) is 0. The third-order valence-corrected chi connectivity index (χ3v) is 4.96. The molecule has 0 unspecified atom stereocenters. The van der Waals surface area contributed by atoms with E-state index in [1.165, 1.54) is 37.4 Å². The van der Waals surface area contributed by atoms with Gasteiger partial charge in [0.25, 0.3) is 0 Å². The maximum Gasteiger partial charge on any atom is 0.0367 e. The van der Waals surface area contributed by atoms with Gasteiger partial charge in [-0.15, -0.1) is 0 Å². The largest absolute Gasteiger partial charge is 0.369 e. The molecule has 2 heterocycles. The van der Waals surface area contributed by atoms with Gasteiger partial charge in [0.05, 0.1) is 0 Å². The number of anilines is 1. The molecule has 122 valence electrons. The summed E-state index contributed by atoms with van der Waals surface area (Å²) < 4.78 is 0. The van der Waals surface area contributed by atoms with Gasteiger partial charge in [0.15, 0.2) is 0 Å². The van der Waals surface area contributed by atoms with Crippen LogP contribution in [0.3, 0.4) is 0 Å². The van der Waals surface area contributed by atoms with Crippen molar-refractivity contribution in [3.63, 3.8) is 0 Å². The van der Waals surface area contributed by atoms with Crippen LogP contribution in [0.25, 0.3) is 0 Å². The van der Waals surface area contributed by atoms with E-state index in [0.29, 0.717) is 6.04 Å². The molecule has 3 rings (SSSR count). The third-order valence-electron chi connectivity index (χ3n) is 4.96. The molecule has 1 aromatic rings. The fraction of sp³-hybridized carbons (Fsp3) is 0.667. The SMILES string of the molecule is CC(C)N1CCN(c2ccc(CN3CCNCC3)cc2)CC1. The van der Waals surface area contributed by atoms with Gasteiger partial charge in [0.1, 0.15) is 0 Å². The van der Waals surface area contributed by atoms with Gasteiger partial charge in [-0.2, -0.15) is 0 Å². The Balaban J connectivity index is 1.53. The molecule has 1 aromatic carbocycles. The summed E-state index contributed by atoms with van der Waals surface area (Å²) >= 11 is 0. The Morgan fingerprint density at radius 3 is 2.14 bits per heavy atom. The van der Waals surface area contributed by atoms with Crippen LogP contribution in [0, 0.1) is 0 Å². The molecule has 2 saturated heterocycles. The van der Waals surface area contributed by atoms with E-state index in [4.69, 9.17) is 0 Å². The van der Waals surface area contributed by atoms with Crippen LogP contribution in [0.15, 0.2) is 24.3 Å². The van der Waals surface area contributed by atoms with Crippen molar-refractivity contribution in [2.24, 2.45) is 0 Å². The normalized spacial score (nSPS) is 21.5. The topological polar surface area (TPSA) is 21.8 Å². The van der Waals surface area contributed by atoms with E-state index in [2.05, 4.69) is 58.1 Å². The molecule has 0 bridgehead atoms. The quantitative estimate of drug-likeness (QED) is 0.912. The first-order valence-corrected chi connectivity index (χ1v) is 8.73. The molecule has 22 heavy (non-hydrogen) atoms.